The Kier molecular flexibility index (Phi) is 4.34. The van der Waals surface area contributed by atoms with E-state index >= 15 is 0 Å². The van der Waals surface area contributed by atoms with Gasteiger partial charge < -0.3 is 5.32 Å². The number of halogens is 1. The smallest absolute Gasteiger partial charge is 0.0702 e. The summed E-state index contributed by atoms with van der Waals surface area (Å²) in [5.74, 6) is 0. The Morgan fingerprint density at radius 1 is 1.28 bits per heavy atom. The van der Waals surface area contributed by atoms with Gasteiger partial charge in [-0.05, 0) is 37.2 Å². The number of benzene rings is 1. The quantitative estimate of drug-likeness (QED) is 0.896. The second-order valence-electron chi connectivity index (χ2n) is 4.23. The van der Waals surface area contributed by atoms with Gasteiger partial charge in [-0.1, -0.05) is 36.7 Å². The van der Waals surface area contributed by atoms with Crippen molar-refractivity contribution < 1.29 is 0 Å². The van der Waals surface area contributed by atoms with E-state index < -0.39 is 0 Å². The van der Waals surface area contributed by atoms with Gasteiger partial charge in [0.05, 0.1) is 5.69 Å². The van der Waals surface area contributed by atoms with Gasteiger partial charge in [0.25, 0.3) is 0 Å². The fraction of sp³-hybridized carbons (Fsp3) is 0.267. The average Bonchev–Trinajstić information content (AvgIpc) is 2.40. The van der Waals surface area contributed by atoms with Crippen LogP contribution in [0, 0.1) is 0 Å². The molecule has 0 aliphatic rings. The molecule has 3 heteroatoms. The van der Waals surface area contributed by atoms with Gasteiger partial charge in [0, 0.05) is 22.8 Å². The highest BCUT2D eigenvalue weighted by Crippen LogP contribution is 2.28. The van der Waals surface area contributed by atoms with Crippen molar-refractivity contribution in [3.63, 3.8) is 0 Å². The van der Waals surface area contributed by atoms with Crippen molar-refractivity contribution >= 4 is 11.6 Å². The molecule has 0 bridgehead atoms. The van der Waals surface area contributed by atoms with Gasteiger partial charge in [0.2, 0.25) is 0 Å². The number of nitrogens with one attached hydrogen (secondary N) is 1. The van der Waals surface area contributed by atoms with Gasteiger partial charge in [-0.15, -0.1) is 0 Å². The van der Waals surface area contributed by atoms with Gasteiger partial charge in [0.1, 0.15) is 0 Å². The largest absolute Gasteiger partial charge is 0.310 e. The van der Waals surface area contributed by atoms with E-state index in [-0.39, 0.29) is 6.04 Å². The van der Waals surface area contributed by atoms with Crippen LogP contribution in [0.15, 0.2) is 42.6 Å². The summed E-state index contributed by atoms with van der Waals surface area (Å²) in [6, 6.07) is 12.3. The Morgan fingerprint density at radius 3 is 2.72 bits per heavy atom. The Labute approximate surface area is 113 Å². The summed E-state index contributed by atoms with van der Waals surface area (Å²) in [6.07, 6.45) is 1.79. The SMILES string of the molecule is CCNC(C)c1ccc(-c2ccccn2)cc1Cl. The molecule has 2 nitrogen and oxygen atoms in total. The van der Waals surface area contributed by atoms with Crippen LogP contribution in [0.4, 0.5) is 0 Å². The standard InChI is InChI=1S/C15H17ClN2/c1-3-17-11(2)13-8-7-12(10-14(13)16)15-6-4-5-9-18-15/h4-11,17H,3H2,1-2H3. The van der Waals surface area contributed by atoms with Crippen molar-refractivity contribution in [3.05, 3.63) is 53.2 Å². The van der Waals surface area contributed by atoms with Crippen LogP contribution in [0.5, 0.6) is 0 Å². The van der Waals surface area contributed by atoms with Crippen LogP contribution in [0.3, 0.4) is 0 Å². The lowest BCUT2D eigenvalue weighted by molar-refractivity contribution is 0.598. The molecule has 0 saturated carbocycles. The summed E-state index contributed by atoms with van der Waals surface area (Å²) >= 11 is 6.34. The third-order valence-electron chi connectivity index (χ3n) is 2.94. The Morgan fingerprint density at radius 2 is 2.11 bits per heavy atom. The van der Waals surface area contributed by atoms with Gasteiger partial charge in [0.15, 0.2) is 0 Å². The second kappa shape index (κ2) is 5.98. The van der Waals surface area contributed by atoms with Crippen LogP contribution in [0.1, 0.15) is 25.5 Å². The molecule has 94 valence electrons. The molecule has 0 amide bonds. The molecule has 0 fully saturated rings. The van der Waals surface area contributed by atoms with Crippen molar-refractivity contribution in [1.29, 1.82) is 0 Å². The second-order valence-corrected chi connectivity index (χ2v) is 4.64. The molecular weight excluding hydrogens is 244 g/mol. The maximum absolute atomic E-state index is 6.34. The highest BCUT2D eigenvalue weighted by molar-refractivity contribution is 6.31. The van der Waals surface area contributed by atoms with Crippen molar-refractivity contribution in [2.45, 2.75) is 19.9 Å². The predicted octanol–water partition coefficient (Wildman–Crippen LogP) is 4.07. The van der Waals surface area contributed by atoms with Gasteiger partial charge >= 0.3 is 0 Å². The average molecular weight is 261 g/mol. The van der Waals surface area contributed by atoms with Gasteiger partial charge in [-0.2, -0.15) is 0 Å². The summed E-state index contributed by atoms with van der Waals surface area (Å²) in [5, 5.41) is 4.15. The Bertz CT molecular complexity index is 511. The maximum atomic E-state index is 6.34. The first-order valence-corrected chi connectivity index (χ1v) is 6.54. The van der Waals surface area contributed by atoms with Crippen molar-refractivity contribution in [3.8, 4) is 11.3 Å². The first kappa shape index (κ1) is 13.1. The molecule has 1 aromatic carbocycles. The monoisotopic (exact) mass is 260 g/mol. The molecule has 1 aromatic heterocycles. The Hall–Kier alpha value is -1.38. The molecule has 0 aliphatic carbocycles. The zero-order valence-corrected chi connectivity index (χ0v) is 11.4. The summed E-state index contributed by atoms with van der Waals surface area (Å²) in [4.78, 5) is 4.33. The van der Waals surface area contributed by atoms with E-state index in [9.17, 15) is 0 Å². The molecule has 18 heavy (non-hydrogen) atoms. The van der Waals surface area contributed by atoms with Crippen LogP contribution in [0.25, 0.3) is 11.3 Å². The van der Waals surface area contributed by atoms with E-state index in [2.05, 4.69) is 36.3 Å². The summed E-state index contributed by atoms with van der Waals surface area (Å²) in [6.45, 7) is 5.14. The lowest BCUT2D eigenvalue weighted by Crippen LogP contribution is -2.17. The minimum absolute atomic E-state index is 0.264. The number of nitrogens with zero attached hydrogens (tertiary/aromatic N) is 1. The molecule has 0 radical (unpaired) electrons. The van der Waals surface area contributed by atoms with E-state index in [0.29, 0.717) is 0 Å². The number of pyridine rings is 1. The molecule has 1 heterocycles. The lowest BCUT2D eigenvalue weighted by Gasteiger charge is -2.15. The van der Waals surface area contributed by atoms with Crippen LogP contribution in [-0.2, 0) is 0 Å². The predicted molar refractivity (Wildman–Crippen MR) is 76.8 cm³/mol. The normalized spacial score (nSPS) is 12.4. The van der Waals surface area contributed by atoms with E-state index in [1.165, 1.54) is 0 Å². The highest BCUT2D eigenvalue weighted by Gasteiger charge is 2.09. The number of hydrogen-bond donors (Lipinski definition) is 1. The summed E-state index contributed by atoms with van der Waals surface area (Å²) in [7, 11) is 0. The number of hydrogen-bond acceptors (Lipinski definition) is 2. The molecule has 0 aliphatic heterocycles. The van der Waals surface area contributed by atoms with Crippen LogP contribution in [-0.4, -0.2) is 11.5 Å². The number of rotatable bonds is 4. The van der Waals surface area contributed by atoms with Crippen LogP contribution < -0.4 is 5.32 Å². The first-order valence-electron chi connectivity index (χ1n) is 6.16. The van der Waals surface area contributed by atoms with Crippen molar-refractivity contribution in [1.82, 2.24) is 10.3 Å². The summed E-state index contributed by atoms with van der Waals surface area (Å²) in [5.41, 5.74) is 3.12. The Balaban J connectivity index is 2.31. The summed E-state index contributed by atoms with van der Waals surface area (Å²) < 4.78 is 0. The molecule has 1 N–H and O–H groups in total. The maximum Gasteiger partial charge on any atom is 0.0702 e. The van der Waals surface area contributed by atoms with Crippen LogP contribution >= 0.6 is 11.6 Å². The highest BCUT2D eigenvalue weighted by atomic mass is 35.5. The van der Waals surface area contributed by atoms with Gasteiger partial charge in [-0.3, -0.25) is 4.98 Å². The van der Waals surface area contributed by atoms with Gasteiger partial charge in [-0.25, -0.2) is 0 Å². The first-order chi connectivity index (χ1) is 8.72. The molecule has 1 atom stereocenters. The third-order valence-corrected chi connectivity index (χ3v) is 3.27. The fourth-order valence-electron chi connectivity index (χ4n) is 1.99. The molecule has 0 spiro atoms. The zero-order chi connectivity index (χ0) is 13.0. The van der Waals surface area contributed by atoms with E-state index in [1.807, 2.05) is 24.3 Å². The van der Waals surface area contributed by atoms with E-state index in [4.69, 9.17) is 11.6 Å². The minimum atomic E-state index is 0.264. The molecule has 0 saturated heterocycles. The fourth-order valence-corrected chi connectivity index (χ4v) is 2.33. The van der Waals surface area contributed by atoms with Crippen molar-refractivity contribution in [2.75, 3.05) is 6.54 Å². The molecule has 2 rings (SSSR count). The third kappa shape index (κ3) is 2.89. The molecular formula is C15H17ClN2. The number of aromatic nitrogens is 1. The molecule has 1 unspecified atom stereocenters. The van der Waals surface area contributed by atoms with Crippen LogP contribution in [0.2, 0.25) is 5.02 Å². The zero-order valence-electron chi connectivity index (χ0n) is 10.7. The van der Waals surface area contributed by atoms with E-state index in [1.54, 1.807) is 6.20 Å². The molecule has 2 aromatic rings. The minimum Gasteiger partial charge on any atom is -0.310 e. The topological polar surface area (TPSA) is 24.9 Å². The lowest BCUT2D eigenvalue weighted by atomic mass is 10.0. The van der Waals surface area contributed by atoms with E-state index in [0.717, 1.165) is 28.4 Å². The van der Waals surface area contributed by atoms with Crippen molar-refractivity contribution in [2.24, 2.45) is 0 Å².